The highest BCUT2D eigenvalue weighted by Crippen LogP contribution is 2.37. The first-order valence-corrected chi connectivity index (χ1v) is 12.1. The monoisotopic (exact) mass is 477 g/mol. The minimum absolute atomic E-state index is 0.0732. The molecule has 33 heavy (non-hydrogen) atoms. The molecule has 2 rings (SSSR count). The summed E-state index contributed by atoms with van der Waals surface area (Å²) in [4.78, 5) is 41.4. The second-order valence-electron chi connectivity index (χ2n) is 10.8. The standard InChI is InChI=1S/C25H39N3O4S/c1-15-10-9-11-18(16(15)2)20(21(29)27-24(3,4)5)28(17-12-13-17)22(30)19(14-33)26-23(31)32-25(6,7)8/h9-11,17,19-20,33H,12-14H2,1-8H3,(H,26,31)(H,27,29). The maximum absolute atomic E-state index is 13.8. The van der Waals surface area contributed by atoms with Crippen LogP contribution in [0.1, 0.15) is 77.1 Å². The maximum Gasteiger partial charge on any atom is 0.408 e. The summed E-state index contributed by atoms with van der Waals surface area (Å²) >= 11 is 4.32. The van der Waals surface area contributed by atoms with Gasteiger partial charge in [0.15, 0.2) is 0 Å². The molecule has 0 aliphatic heterocycles. The van der Waals surface area contributed by atoms with E-state index >= 15 is 0 Å². The first-order valence-electron chi connectivity index (χ1n) is 11.5. The lowest BCUT2D eigenvalue weighted by atomic mass is 9.94. The molecule has 1 aromatic carbocycles. The number of hydrogen-bond acceptors (Lipinski definition) is 5. The maximum atomic E-state index is 13.8. The minimum atomic E-state index is -0.918. The Bertz CT molecular complexity index is 885. The lowest BCUT2D eigenvalue weighted by molar-refractivity contribution is -0.143. The Morgan fingerprint density at radius 3 is 2.21 bits per heavy atom. The lowest BCUT2D eigenvalue weighted by Crippen LogP contribution is -2.56. The predicted molar refractivity (Wildman–Crippen MR) is 133 cm³/mol. The first-order chi connectivity index (χ1) is 15.1. The number of thiol groups is 1. The fraction of sp³-hybridized carbons (Fsp3) is 0.640. The van der Waals surface area contributed by atoms with Crippen LogP contribution in [-0.2, 0) is 14.3 Å². The summed E-state index contributed by atoms with van der Waals surface area (Å²) in [5, 5.41) is 5.69. The Balaban J connectivity index is 2.46. The SMILES string of the molecule is Cc1cccc(C(C(=O)NC(C)(C)C)N(C(=O)C(CS)NC(=O)OC(C)(C)C)C2CC2)c1C. The van der Waals surface area contributed by atoms with Crippen molar-refractivity contribution < 1.29 is 19.1 Å². The molecular weight excluding hydrogens is 438 g/mol. The van der Waals surface area contributed by atoms with Crippen molar-refractivity contribution in [1.82, 2.24) is 15.5 Å². The number of hydrogen-bond donors (Lipinski definition) is 3. The van der Waals surface area contributed by atoms with E-state index in [9.17, 15) is 14.4 Å². The molecule has 1 aromatic rings. The number of carbonyl (C=O) groups is 3. The van der Waals surface area contributed by atoms with Gasteiger partial charge in [0.2, 0.25) is 11.8 Å². The molecule has 0 spiro atoms. The second-order valence-corrected chi connectivity index (χ2v) is 11.2. The van der Waals surface area contributed by atoms with Gasteiger partial charge in [0.05, 0.1) is 0 Å². The summed E-state index contributed by atoms with van der Waals surface area (Å²) in [5.41, 5.74) is 1.63. The molecule has 1 aliphatic rings. The van der Waals surface area contributed by atoms with E-state index in [1.165, 1.54) is 0 Å². The van der Waals surface area contributed by atoms with Crippen LogP contribution in [0.15, 0.2) is 18.2 Å². The molecule has 184 valence electrons. The van der Waals surface area contributed by atoms with Crippen molar-refractivity contribution in [2.75, 3.05) is 5.75 Å². The molecule has 8 heteroatoms. The highest BCUT2D eigenvalue weighted by Gasteiger charge is 2.44. The Kier molecular flexibility index (Phi) is 8.49. The molecule has 7 nitrogen and oxygen atoms in total. The largest absolute Gasteiger partial charge is 0.444 e. The predicted octanol–water partition coefficient (Wildman–Crippen LogP) is 4.07. The van der Waals surface area contributed by atoms with Crippen LogP contribution in [0.2, 0.25) is 0 Å². The van der Waals surface area contributed by atoms with Gasteiger partial charge in [-0.15, -0.1) is 0 Å². The molecule has 0 heterocycles. The van der Waals surface area contributed by atoms with Crippen molar-refractivity contribution in [2.45, 2.75) is 97.5 Å². The quantitative estimate of drug-likeness (QED) is 0.517. The second kappa shape index (κ2) is 10.4. The van der Waals surface area contributed by atoms with E-state index in [-0.39, 0.29) is 23.6 Å². The molecular formula is C25H39N3O4S. The summed E-state index contributed by atoms with van der Waals surface area (Å²) in [6.07, 6.45) is 0.927. The molecule has 0 aromatic heterocycles. The number of nitrogens with zero attached hydrogens (tertiary/aromatic N) is 1. The molecule has 1 saturated carbocycles. The first kappa shape index (κ1) is 27.0. The van der Waals surface area contributed by atoms with E-state index in [1.54, 1.807) is 25.7 Å². The number of carbonyl (C=O) groups excluding carboxylic acids is 3. The Hall–Kier alpha value is -2.22. The van der Waals surface area contributed by atoms with Gasteiger partial charge in [-0.25, -0.2) is 4.79 Å². The average Bonchev–Trinajstić information content (AvgIpc) is 3.48. The number of amides is 3. The van der Waals surface area contributed by atoms with Gasteiger partial charge in [0.25, 0.3) is 0 Å². The lowest BCUT2D eigenvalue weighted by Gasteiger charge is -2.36. The van der Waals surface area contributed by atoms with Crippen molar-refractivity contribution in [2.24, 2.45) is 0 Å². The van der Waals surface area contributed by atoms with Crippen LogP contribution in [0.3, 0.4) is 0 Å². The van der Waals surface area contributed by atoms with Gasteiger partial charge in [-0.1, -0.05) is 18.2 Å². The third-order valence-corrected chi connectivity index (χ3v) is 5.70. The van der Waals surface area contributed by atoms with E-state index in [4.69, 9.17) is 4.74 Å². The van der Waals surface area contributed by atoms with E-state index in [2.05, 4.69) is 23.3 Å². The zero-order valence-electron chi connectivity index (χ0n) is 21.1. The van der Waals surface area contributed by atoms with E-state index in [1.807, 2.05) is 52.8 Å². The smallest absolute Gasteiger partial charge is 0.408 e. The zero-order valence-corrected chi connectivity index (χ0v) is 22.0. The van der Waals surface area contributed by atoms with E-state index in [0.717, 1.165) is 29.5 Å². The van der Waals surface area contributed by atoms with Crippen LogP contribution < -0.4 is 10.6 Å². The fourth-order valence-corrected chi connectivity index (χ4v) is 3.86. The number of aryl methyl sites for hydroxylation is 1. The zero-order chi connectivity index (χ0) is 25.1. The topological polar surface area (TPSA) is 87.7 Å². The third-order valence-electron chi connectivity index (χ3n) is 5.33. The molecule has 2 unspecified atom stereocenters. The fourth-order valence-electron chi connectivity index (χ4n) is 3.61. The van der Waals surface area contributed by atoms with Gasteiger partial charge in [-0.3, -0.25) is 9.59 Å². The molecule has 2 atom stereocenters. The van der Waals surface area contributed by atoms with Gasteiger partial charge in [-0.05, 0) is 84.9 Å². The Labute approximate surface area is 203 Å². The number of nitrogens with one attached hydrogen (secondary N) is 2. The molecule has 2 N–H and O–H groups in total. The van der Waals surface area contributed by atoms with Gasteiger partial charge >= 0.3 is 6.09 Å². The van der Waals surface area contributed by atoms with Crippen LogP contribution in [0.4, 0.5) is 4.79 Å². The van der Waals surface area contributed by atoms with Crippen LogP contribution in [0, 0.1) is 13.8 Å². The van der Waals surface area contributed by atoms with Crippen LogP contribution in [-0.4, -0.2) is 51.8 Å². The summed E-state index contributed by atoms with van der Waals surface area (Å²) in [6, 6.07) is 3.98. The number of alkyl carbamates (subject to hydrolysis) is 1. The van der Waals surface area contributed by atoms with Gasteiger partial charge in [0, 0.05) is 17.3 Å². The Morgan fingerprint density at radius 2 is 1.73 bits per heavy atom. The summed E-state index contributed by atoms with van der Waals surface area (Å²) < 4.78 is 5.34. The molecule has 1 fully saturated rings. The van der Waals surface area contributed by atoms with Crippen LogP contribution in [0.25, 0.3) is 0 Å². The highest BCUT2D eigenvalue weighted by molar-refractivity contribution is 7.80. The van der Waals surface area contributed by atoms with Gasteiger partial charge < -0.3 is 20.3 Å². The van der Waals surface area contributed by atoms with Gasteiger partial charge in [-0.2, -0.15) is 12.6 Å². The minimum Gasteiger partial charge on any atom is -0.444 e. The summed E-state index contributed by atoms with van der Waals surface area (Å²) in [7, 11) is 0. The average molecular weight is 478 g/mol. The van der Waals surface area contributed by atoms with Crippen LogP contribution >= 0.6 is 12.6 Å². The highest BCUT2D eigenvalue weighted by atomic mass is 32.1. The van der Waals surface area contributed by atoms with E-state index in [0.29, 0.717) is 0 Å². The summed E-state index contributed by atoms with van der Waals surface area (Å²) in [5.74, 6) is -0.498. The van der Waals surface area contributed by atoms with E-state index < -0.39 is 29.3 Å². The van der Waals surface area contributed by atoms with Crippen molar-refractivity contribution in [1.29, 1.82) is 0 Å². The van der Waals surface area contributed by atoms with Crippen LogP contribution in [0.5, 0.6) is 0 Å². The normalized spacial score (nSPS) is 15.9. The molecule has 0 saturated heterocycles. The molecule has 0 radical (unpaired) electrons. The number of ether oxygens (including phenoxy) is 1. The van der Waals surface area contributed by atoms with Crippen molar-refractivity contribution in [3.05, 3.63) is 34.9 Å². The van der Waals surface area contributed by atoms with Crippen molar-refractivity contribution in [3.63, 3.8) is 0 Å². The Morgan fingerprint density at radius 1 is 1.12 bits per heavy atom. The molecule has 3 amide bonds. The van der Waals surface area contributed by atoms with Gasteiger partial charge in [0.1, 0.15) is 17.7 Å². The number of rotatable bonds is 7. The van der Waals surface area contributed by atoms with Crippen molar-refractivity contribution >= 4 is 30.5 Å². The molecule has 1 aliphatic carbocycles. The third kappa shape index (κ3) is 7.66. The number of benzene rings is 1. The molecule has 0 bridgehead atoms. The summed E-state index contributed by atoms with van der Waals surface area (Å²) in [6.45, 7) is 15.0. The van der Waals surface area contributed by atoms with Crippen molar-refractivity contribution in [3.8, 4) is 0 Å².